The van der Waals surface area contributed by atoms with Crippen LogP contribution >= 0.6 is 0 Å². The van der Waals surface area contributed by atoms with Crippen LogP contribution in [0.5, 0.6) is 5.75 Å². The first-order valence-corrected chi connectivity index (χ1v) is 5.22. The molecule has 4 nitrogen and oxygen atoms in total. The van der Waals surface area contributed by atoms with Gasteiger partial charge in [-0.05, 0) is 19.4 Å². The maximum Gasteiger partial charge on any atom is 0.344 e. The third-order valence-corrected chi connectivity index (χ3v) is 2.28. The second-order valence-electron chi connectivity index (χ2n) is 3.57. The standard InChI is InChI=1S/C12H16O4/c1-3-10(12(14)15)16-11-7-5-4-6-9(11)8(2)13/h4-8,10,13H,3H2,1-2H3,(H,14,15)/t8-,10?/m1/s1. The fourth-order valence-electron chi connectivity index (χ4n) is 1.39. The van der Waals surface area contributed by atoms with E-state index in [2.05, 4.69) is 0 Å². The summed E-state index contributed by atoms with van der Waals surface area (Å²) in [5.74, 6) is -0.574. The van der Waals surface area contributed by atoms with Crippen LogP contribution in [0.3, 0.4) is 0 Å². The van der Waals surface area contributed by atoms with Crippen molar-refractivity contribution in [2.75, 3.05) is 0 Å². The number of ether oxygens (including phenoxy) is 1. The fourth-order valence-corrected chi connectivity index (χ4v) is 1.39. The van der Waals surface area contributed by atoms with Crippen LogP contribution in [0.4, 0.5) is 0 Å². The number of aliphatic carboxylic acids is 1. The summed E-state index contributed by atoms with van der Waals surface area (Å²) in [5, 5.41) is 18.4. The van der Waals surface area contributed by atoms with E-state index in [1.165, 1.54) is 0 Å². The minimum atomic E-state index is -0.997. The predicted octanol–water partition coefficient (Wildman–Crippen LogP) is 1.98. The Labute approximate surface area is 94.5 Å². The van der Waals surface area contributed by atoms with Crippen LogP contribution in [0.15, 0.2) is 24.3 Å². The van der Waals surface area contributed by atoms with Crippen LogP contribution in [0.25, 0.3) is 0 Å². The summed E-state index contributed by atoms with van der Waals surface area (Å²) >= 11 is 0. The average molecular weight is 224 g/mol. The maximum absolute atomic E-state index is 10.8. The summed E-state index contributed by atoms with van der Waals surface area (Å²) in [6.45, 7) is 3.35. The number of hydrogen-bond donors (Lipinski definition) is 2. The lowest BCUT2D eigenvalue weighted by molar-refractivity contribution is -0.145. The zero-order valence-electron chi connectivity index (χ0n) is 9.38. The van der Waals surface area contributed by atoms with E-state index < -0.39 is 18.2 Å². The number of benzene rings is 1. The molecule has 88 valence electrons. The molecule has 0 aromatic heterocycles. The van der Waals surface area contributed by atoms with Crippen molar-refractivity contribution in [3.63, 3.8) is 0 Å². The van der Waals surface area contributed by atoms with Gasteiger partial charge in [0, 0.05) is 5.56 Å². The van der Waals surface area contributed by atoms with Crippen LogP contribution in [0.1, 0.15) is 31.9 Å². The van der Waals surface area contributed by atoms with Gasteiger partial charge in [0.15, 0.2) is 6.10 Å². The summed E-state index contributed by atoms with van der Waals surface area (Å²) in [7, 11) is 0. The van der Waals surface area contributed by atoms with Crippen molar-refractivity contribution in [2.45, 2.75) is 32.5 Å². The van der Waals surface area contributed by atoms with E-state index in [4.69, 9.17) is 9.84 Å². The highest BCUT2D eigenvalue weighted by Crippen LogP contribution is 2.25. The lowest BCUT2D eigenvalue weighted by Gasteiger charge is -2.17. The summed E-state index contributed by atoms with van der Waals surface area (Å²) < 4.78 is 5.36. The van der Waals surface area contributed by atoms with Crippen molar-refractivity contribution in [3.8, 4) is 5.75 Å². The van der Waals surface area contributed by atoms with E-state index in [-0.39, 0.29) is 0 Å². The van der Waals surface area contributed by atoms with Crippen molar-refractivity contribution in [2.24, 2.45) is 0 Å². The van der Waals surface area contributed by atoms with Gasteiger partial charge in [-0.3, -0.25) is 0 Å². The third-order valence-electron chi connectivity index (χ3n) is 2.28. The summed E-state index contributed by atoms with van der Waals surface area (Å²) in [6, 6.07) is 6.90. The number of para-hydroxylation sites is 1. The molecule has 1 unspecified atom stereocenters. The van der Waals surface area contributed by atoms with Gasteiger partial charge >= 0.3 is 5.97 Å². The molecule has 0 saturated heterocycles. The number of carbonyl (C=O) groups is 1. The first-order chi connectivity index (χ1) is 7.56. The topological polar surface area (TPSA) is 66.8 Å². The lowest BCUT2D eigenvalue weighted by atomic mass is 10.1. The quantitative estimate of drug-likeness (QED) is 0.802. The van der Waals surface area contributed by atoms with Gasteiger partial charge in [0.25, 0.3) is 0 Å². The molecule has 0 spiro atoms. The third kappa shape index (κ3) is 2.97. The minimum Gasteiger partial charge on any atom is -0.479 e. The van der Waals surface area contributed by atoms with Crippen LogP contribution < -0.4 is 4.74 Å². The number of rotatable bonds is 5. The Morgan fingerprint density at radius 1 is 1.44 bits per heavy atom. The predicted molar refractivity (Wildman–Crippen MR) is 59.4 cm³/mol. The van der Waals surface area contributed by atoms with Crippen molar-refractivity contribution < 1.29 is 19.7 Å². The molecule has 1 aromatic rings. The summed E-state index contributed by atoms with van der Waals surface area (Å²) in [5.41, 5.74) is 0.599. The average Bonchev–Trinajstić information content (AvgIpc) is 2.25. The Hall–Kier alpha value is -1.55. The van der Waals surface area contributed by atoms with Crippen molar-refractivity contribution in [1.29, 1.82) is 0 Å². The SMILES string of the molecule is CCC(Oc1ccccc1[C@@H](C)O)C(=O)O. The number of aliphatic hydroxyl groups excluding tert-OH is 1. The Morgan fingerprint density at radius 3 is 2.56 bits per heavy atom. The Bertz CT molecular complexity index is 360. The second-order valence-corrected chi connectivity index (χ2v) is 3.57. The van der Waals surface area contributed by atoms with Gasteiger partial charge in [0.1, 0.15) is 5.75 Å². The normalized spacial score (nSPS) is 14.2. The molecule has 4 heteroatoms. The van der Waals surface area contributed by atoms with Gasteiger partial charge in [-0.1, -0.05) is 25.1 Å². The molecule has 1 rings (SSSR count). The Balaban J connectivity index is 2.91. The van der Waals surface area contributed by atoms with Crippen molar-refractivity contribution >= 4 is 5.97 Å². The molecule has 0 heterocycles. The van der Waals surface area contributed by atoms with Crippen LogP contribution in [-0.2, 0) is 4.79 Å². The molecular weight excluding hydrogens is 208 g/mol. The highest BCUT2D eigenvalue weighted by Gasteiger charge is 2.19. The van der Waals surface area contributed by atoms with Gasteiger partial charge in [-0.25, -0.2) is 4.79 Å². The molecule has 0 aliphatic heterocycles. The Morgan fingerprint density at radius 2 is 2.06 bits per heavy atom. The maximum atomic E-state index is 10.8. The number of carboxylic acid groups (broad SMARTS) is 1. The van der Waals surface area contributed by atoms with Crippen molar-refractivity contribution in [1.82, 2.24) is 0 Å². The van der Waals surface area contributed by atoms with Crippen LogP contribution in [-0.4, -0.2) is 22.3 Å². The monoisotopic (exact) mass is 224 g/mol. The first kappa shape index (κ1) is 12.5. The van der Waals surface area contributed by atoms with Crippen LogP contribution in [0, 0.1) is 0 Å². The number of hydrogen-bond acceptors (Lipinski definition) is 3. The summed E-state index contributed by atoms with van der Waals surface area (Å²) in [4.78, 5) is 10.8. The lowest BCUT2D eigenvalue weighted by Crippen LogP contribution is -2.26. The van der Waals surface area contributed by atoms with E-state index in [1.54, 1.807) is 38.1 Å². The van der Waals surface area contributed by atoms with Gasteiger partial charge in [-0.2, -0.15) is 0 Å². The van der Waals surface area contributed by atoms with E-state index in [0.29, 0.717) is 17.7 Å². The number of aliphatic hydroxyl groups is 1. The zero-order chi connectivity index (χ0) is 12.1. The van der Waals surface area contributed by atoms with E-state index in [9.17, 15) is 9.90 Å². The molecular formula is C12H16O4. The largest absolute Gasteiger partial charge is 0.479 e. The molecule has 0 amide bonds. The summed E-state index contributed by atoms with van der Waals surface area (Å²) in [6.07, 6.45) is -1.17. The van der Waals surface area contributed by atoms with E-state index in [1.807, 2.05) is 0 Å². The highest BCUT2D eigenvalue weighted by molar-refractivity contribution is 5.72. The molecule has 0 radical (unpaired) electrons. The van der Waals surface area contributed by atoms with Gasteiger partial charge in [0.05, 0.1) is 6.10 Å². The smallest absolute Gasteiger partial charge is 0.344 e. The highest BCUT2D eigenvalue weighted by atomic mass is 16.5. The molecule has 1 aromatic carbocycles. The molecule has 0 aliphatic rings. The Kier molecular flexibility index (Phi) is 4.31. The van der Waals surface area contributed by atoms with E-state index in [0.717, 1.165) is 0 Å². The molecule has 2 atom stereocenters. The van der Waals surface area contributed by atoms with Crippen LogP contribution in [0.2, 0.25) is 0 Å². The molecule has 0 saturated carbocycles. The minimum absolute atomic E-state index is 0.378. The molecule has 16 heavy (non-hydrogen) atoms. The van der Waals surface area contributed by atoms with Gasteiger partial charge in [-0.15, -0.1) is 0 Å². The van der Waals surface area contributed by atoms with E-state index >= 15 is 0 Å². The molecule has 0 aliphatic carbocycles. The second kappa shape index (κ2) is 5.51. The van der Waals surface area contributed by atoms with Gasteiger partial charge in [0.2, 0.25) is 0 Å². The molecule has 0 fully saturated rings. The zero-order valence-corrected chi connectivity index (χ0v) is 9.38. The number of carboxylic acids is 1. The van der Waals surface area contributed by atoms with Gasteiger partial charge < -0.3 is 14.9 Å². The molecule has 2 N–H and O–H groups in total. The molecule has 0 bridgehead atoms. The van der Waals surface area contributed by atoms with Crippen molar-refractivity contribution in [3.05, 3.63) is 29.8 Å². The first-order valence-electron chi connectivity index (χ1n) is 5.22. The fraction of sp³-hybridized carbons (Fsp3) is 0.417.